The second kappa shape index (κ2) is 5.46. The summed E-state index contributed by atoms with van der Waals surface area (Å²) in [5.74, 6) is 0. The molecular formula is C13H18N2O3. The van der Waals surface area contributed by atoms with Gasteiger partial charge in [0.1, 0.15) is 0 Å². The Bertz CT molecular complexity index is 428. The molecule has 1 saturated heterocycles. The van der Waals surface area contributed by atoms with E-state index in [1.54, 1.807) is 12.1 Å². The monoisotopic (exact) mass is 250 g/mol. The standard InChI is InChI=1S/C13H18N2O3/c1-13(7-4-8-18-13)10-14-9-11-5-2-3-6-12(11)15(16)17/h2-3,5-6,14H,4,7-10H2,1H3. The highest BCUT2D eigenvalue weighted by Gasteiger charge is 2.29. The minimum Gasteiger partial charge on any atom is -0.374 e. The number of hydrogen-bond donors (Lipinski definition) is 1. The first-order valence-electron chi connectivity index (χ1n) is 6.18. The molecule has 2 rings (SSSR count). The van der Waals surface area contributed by atoms with Gasteiger partial charge in [-0.25, -0.2) is 0 Å². The third-order valence-corrected chi connectivity index (χ3v) is 3.30. The summed E-state index contributed by atoms with van der Waals surface area (Å²) in [6, 6.07) is 6.81. The summed E-state index contributed by atoms with van der Waals surface area (Å²) in [5.41, 5.74) is 0.760. The minimum absolute atomic E-state index is 0.121. The van der Waals surface area contributed by atoms with Crippen LogP contribution in [0.4, 0.5) is 5.69 Å². The Balaban J connectivity index is 1.92. The molecule has 18 heavy (non-hydrogen) atoms. The van der Waals surface area contributed by atoms with Gasteiger partial charge in [-0.2, -0.15) is 0 Å². The summed E-state index contributed by atoms with van der Waals surface area (Å²) in [6.45, 7) is 4.10. The number of rotatable bonds is 5. The molecule has 0 radical (unpaired) electrons. The zero-order chi connectivity index (χ0) is 13.0. The average Bonchev–Trinajstić information content (AvgIpc) is 2.77. The molecule has 0 saturated carbocycles. The van der Waals surface area contributed by atoms with Crippen molar-refractivity contribution in [2.45, 2.75) is 31.9 Å². The van der Waals surface area contributed by atoms with Crippen LogP contribution in [0, 0.1) is 10.1 Å². The summed E-state index contributed by atoms with van der Waals surface area (Å²) in [5, 5.41) is 14.1. The first kappa shape index (κ1) is 13.0. The van der Waals surface area contributed by atoms with E-state index in [4.69, 9.17) is 4.74 Å². The van der Waals surface area contributed by atoms with E-state index in [2.05, 4.69) is 12.2 Å². The smallest absolute Gasteiger partial charge is 0.273 e. The number of para-hydroxylation sites is 1. The van der Waals surface area contributed by atoms with Gasteiger partial charge in [-0.15, -0.1) is 0 Å². The lowest BCUT2D eigenvalue weighted by Gasteiger charge is -2.23. The zero-order valence-corrected chi connectivity index (χ0v) is 10.5. The van der Waals surface area contributed by atoms with Crippen molar-refractivity contribution in [3.63, 3.8) is 0 Å². The number of hydrogen-bond acceptors (Lipinski definition) is 4. The van der Waals surface area contributed by atoms with Crippen molar-refractivity contribution < 1.29 is 9.66 Å². The minimum atomic E-state index is -0.342. The van der Waals surface area contributed by atoms with Crippen LogP contribution < -0.4 is 5.32 Å². The lowest BCUT2D eigenvalue weighted by Crippen LogP contribution is -2.36. The lowest BCUT2D eigenvalue weighted by molar-refractivity contribution is -0.385. The predicted molar refractivity (Wildman–Crippen MR) is 68.4 cm³/mol. The SMILES string of the molecule is CC1(CNCc2ccccc2[N+](=O)[O-])CCCO1. The van der Waals surface area contributed by atoms with Crippen molar-refractivity contribution >= 4 is 5.69 Å². The lowest BCUT2D eigenvalue weighted by atomic mass is 10.0. The molecule has 1 N–H and O–H groups in total. The van der Waals surface area contributed by atoms with Crippen molar-refractivity contribution in [3.8, 4) is 0 Å². The van der Waals surface area contributed by atoms with Crippen LogP contribution in [0.15, 0.2) is 24.3 Å². The molecule has 0 spiro atoms. The number of nitro groups is 1. The van der Waals surface area contributed by atoms with Gasteiger partial charge in [0.05, 0.1) is 10.5 Å². The first-order chi connectivity index (χ1) is 8.61. The Morgan fingerprint density at radius 3 is 2.94 bits per heavy atom. The fourth-order valence-electron chi connectivity index (χ4n) is 2.28. The molecule has 1 aromatic rings. The van der Waals surface area contributed by atoms with Gasteiger partial charge in [-0.05, 0) is 19.8 Å². The zero-order valence-electron chi connectivity index (χ0n) is 10.5. The van der Waals surface area contributed by atoms with Crippen molar-refractivity contribution in [1.82, 2.24) is 5.32 Å². The van der Waals surface area contributed by atoms with E-state index in [0.29, 0.717) is 12.1 Å². The van der Waals surface area contributed by atoms with Gasteiger partial charge >= 0.3 is 0 Å². The number of ether oxygens (including phenoxy) is 1. The predicted octanol–water partition coefficient (Wildman–Crippen LogP) is 2.25. The van der Waals surface area contributed by atoms with E-state index in [9.17, 15) is 10.1 Å². The van der Waals surface area contributed by atoms with Crippen molar-refractivity contribution in [2.24, 2.45) is 0 Å². The number of nitrogens with zero attached hydrogens (tertiary/aromatic N) is 1. The van der Waals surface area contributed by atoms with Crippen LogP contribution in [0.1, 0.15) is 25.3 Å². The molecule has 0 bridgehead atoms. The van der Waals surface area contributed by atoms with Crippen molar-refractivity contribution in [2.75, 3.05) is 13.2 Å². The van der Waals surface area contributed by atoms with Gasteiger partial charge < -0.3 is 10.1 Å². The quantitative estimate of drug-likeness (QED) is 0.643. The van der Waals surface area contributed by atoms with Crippen molar-refractivity contribution in [1.29, 1.82) is 0 Å². The van der Waals surface area contributed by atoms with Gasteiger partial charge in [0.25, 0.3) is 5.69 Å². The highest BCUT2D eigenvalue weighted by Crippen LogP contribution is 2.24. The molecule has 5 heteroatoms. The topological polar surface area (TPSA) is 64.4 Å². The molecule has 1 unspecified atom stereocenters. The van der Waals surface area contributed by atoms with E-state index < -0.39 is 0 Å². The first-order valence-corrected chi connectivity index (χ1v) is 6.18. The van der Waals surface area contributed by atoms with Crippen LogP contribution in [0.5, 0.6) is 0 Å². The highest BCUT2D eigenvalue weighted by atomic mass is 16.6. The molecule has 1 aliphatic rings. The Hall–Kier alpha value is -1.46. The molecule has 0 aliphatic carbocycles. The summed E-state index contributed by atoms with van der Waals surface area (Å²) in [4.78, 5) is 10.5. The second-order valence-electron chi connectivity index (χ2n) is 4.89. The average molecular weight is 250 g/mol. The molecule has 5 nitrogen and oxygen atoms in total. The van der Waals surface area contributed by atoms with Crippen LogP contribution in [0.25, 0.3) is 0 Å². The Kier molecular flexibility index (Phi) is 3.93. The third-order valence-electron chi connectivity index (χ3n) is 3.30. The maximum Gasteiger partial charge on any atom is 0.273 e. The number of nitrogens with one attached hydrogen (secondary N) is 1. The molecule has 1 fully saturated rings. The second-order valence-corrected chi connectivity index (χ2v) is 4.89. The van der Waals surface area contributed by atoms with E-state index in [1.165, 1.54) is 6.07 Å². The van der Waals surface area contributed by atoms with Gasteiger partial charge in [-0.1, -0.05) is 18.2 Å². The van der Waals surface area contributed by atoms with Crippen molar-refractivity contribution in [3.05, 3.63) is 39.9 Å². The summed E-state index contributed by atoms with van der Waals surface area (Å²) in [7, 11) is 0. The number of nitro benzene ring substituents is 1. The molecular weight excluding hydrogens is 232 g/mol. The Morgan fingerprint density at radius 2 is 2.28 bits per heavy atom. The van der Waals surface area contributed by atoms with E-state index in [1.807, 2.05) is 6.07 Å². The summed E-state index contributed by atoms with van der Waals surface area (Å²) < 4.78 is 5.66. The fourth-order valence-corrected chi connectivity index (χ4v) is 2.28. The Morgan fingerprint density at radius 1 is 1.50 bits per heavy atom. The van der Waals surface area contributed by atoms with Crippen LogP contribution in [-0.2, 0) is 11.3 Å². The van der Waals surface area contributed by atoms with Gasteiger partial charge in [0.2, 0.25) is 0 Å². The summed E-state index contributed by atoms with van der Waals surface area (Å²) >= 11 is 0. The molecule has 98 valence electrons. The molecule has 0 aromatic heterocycles. The van der Waals surface area contributed by atoms with Gasteiger partial charge in [0, 0.05) is 31.3 Å². The largest absolute Gasteiger partial charge is 0.374 e. The molecule has 1 aliphatic heterocycles. The van der Waals surface area contributed by atoms with E-state index >= 15 is 0 Å². The Labute approximate surface area is 106 Å². The van der Waals surface area contributed by atoms with Crippen LogP contribution in [0.2, 0.25) is 0 Å². The van der Waals surface area contributed by atoms with Crippen LogP contribution in [-0.4, -0.2) is 23.7 Å². The highest BCUT2D eigenvalue weighted by molar-refractivity contribution is 5.39. The van der Waals surface area contributed by atoms with Gasteiger partial charge in [0.15, 0.2) is 0 Å². The van der Waals surface area contributed by atoms with E-state index in [-0.39, 0.29) is 16.2 Å². The molecule has 1 atom stereocenters. The number of benzene rings is 1. The molecule has 1 heterocycles. The normalized spacial score (nSPS) is 23.2. The van der Waals surface area contributed by atoms with Crippen LogP contribution >= 0.6 is 0 Å². The third kappa shape index (κ3) is 3.05. The van der Waals surface area contributed by atoms with E-state index in [0.717, 1.165) is 26.0 Å². The molecule has 0 amide bonds. The van der Waals surface area contributed by atoms with Gasteiger partial charge in [-0.3, -0.25) is 10.1 Å². The maximum absolute atomic E-state index is 10.9. The summed E-state index contributed by atoms with van der Waals surface area (Å²) in [6.07, 6.45) is 2.13. The van der Waals surface area contributed by atoms with Crippen LogP contribution in [0.3, 0.4) is 0 Å². The maximum atomic E-state index is 10.9. The fraction of sp³-hybridized carbons (Fsp3) is 0.538. The molecule has 1 aromatic carbocycles.